The summed E-state index contributed by atoms with van der Waals surface area (Å²) in [6.45, 7) is 6.88. The summed E-state index contributed by atoms with van der Waals surface area (Å²) in [5.41, 5.74) is 2.21. The second-order valence-electron chi connectivity index (χ2n) is 6.57. The standard InChI is InChI=1S/C21H26N4O/c1-18(16-23-21(26)10-9-19-6-5-11-22-17-19)24-12-14-25(15-13-24)20-7-3-2-4-8-20/h2-11,17-18H,12-16H2,1H3,(H,23,26)/b10-9+. The molecule has 1 N–H and O–H groups in total. The molecule has 0 aliphatic carbocycles. The van der Waals surface area contributed by atoms with E-state index >= 15 is 0 Å². The number of pyridine rings is 1. The van der Waals surface area contributed by atoms with Crippen LogP contribution in [0, 0.1) is 0 Å². The Morgan fingerprint density at radius 1 is 1.15 bits per heavy atom. The third kappa shape index (κ3) is 5.17. The fourth-order valence-corrected chi connectivity index (χ4v) is 3.14. The number of rotatable bonds is 6. The van der Waals surface area contributed by atoms with Crippen LogP contribution in [0.1, 0.15) is 12.5 Å². The van der Waals surface area contributed by atoms with Crippen molar-refractivity contribution in [1.29, 1.82) is 0 Å². The van der Waals surface area contributed by atoms with Gasteiger partial charge in [0.2, 0.25) is 5.91 Å². The number of aromatic nitrogens is 1. The van der Waals surface area contributed by atoms with E-state index in [9.17, 15) is 4.79 Å². The van der Waals surface area contributed by atoms with Crippen LogP contribution in [0.25, 0.3) is 6.08 Å². The zero-order valence-corrected chi connectivity index (χ0v) is 15.2. The summed E-state index contributed by atoms with van der Waals surface area (Å²) in [6.07, 6.45) is 6.80. The normalized spacial score (nSPS) is 16.6. The zero-order valence-electron chi connectivity index (χ0n) is 15.2. The molecule has 1 unspecified atom stereocenters. The third-order valence-corrected chi connectivity index (χ3v) is 4.74. The van der Waals surface area contributed by atoms with E-state index in [0.717, 1.165) is 31.7 Å². The number of carbonyl (C=O) groups excluding carboxylic acids is 1. The highest BCUT2D eigenvalue weighted by molar-refractivity contribution is 5.91. The molecule has 1 fully saturated rings. The van der Waals surface area contributed by atoms with Gasteiger partial charge in [0, 0.05) is 62.9 Å². The minimum Gasteiger partial charge on any atom is -0.369 e. The molecule has 3 rings (SSSR count). The largest absolute Gasteiger partial charge is 0.369 e. The zero-order chi connectivity index (χ0) is 18.2. The lowest BCUT2D eigenvalue weighted by molar-refractivity contribution is -0.116. The minimum atomic E-state index is -0.0661. The number of anilines is 1. The van der Waals surface area contributed by atoms with E-state index in [2.05, 4.69) is 51.3 Å². The number of piperazine rings is 1. The number of nitrogens with one attached hydrogen (secondary N) is 1. The monoisotopic (exact) mass is 350 g/mol. The number of amides is 1. The van der Waals surface area contributed by atoms with Crippen LogP contribution in [0.2, 0.25) is 0 Å². The lowest BCUT2D eigenvalue weighted by Crippen LogP contribution is -2.52. The molecule has 2 aromatic rings. The molecule has 1 aromatic carbocycles. The SMILES string of the molecule is CC(CNC(=O)/C=C/c1cccnc1)N1CCN(c2ccccc2)CC1. The Bertz CT molecular complexity index is 709. The molecule has 5 heteroatoms. The van der Waals surface area contributed by atoms with E-state index in [1.54, 1.807) is 24.5 Å². The molecule has 0 bridgehead atoms. The Balaban J connectivity index is 1.41. The molecule has 1 atom stereocenters. The fraction of sp³-hybridized carbons (Fsp3) is 0.333. The quantitative estimate of drug-likeness (QED) is 0.813. The summed E-state index contributed by atoms with van der Waals surface area (Å²) in [5.74, 6) is -0.0661. The van der Waals surface area contributed by atoms with Crippen molar-refractivity contribution < 1.29 is 4.79 Å². The van der Waals surface area contributed by atoms with Gasteiger partial charge in [0.15, 0.2) is 0 Å². The van der Waals surface area contributed by atoms with Crippen molar-refractivity contribution in [2.24, 2.45) is 0 Å². The average Bonchev–Trinajstić information content (AvgIpc) is 2.72. The van der Waals surface area contributed by atoms with Crippen molar-refractivity contribution in [3.63, 3.8) is 0 Å². The smallest absolute Gasteiger partial charge is 0.244 e. The van der Waals surface area contributed by atoms with Gasteiger partial charge in [0.25, 0.3) is 0 Å². The van der Waals surface area contributed by atoms with Gasteiger partial charge in [0.05, 0.1) is 0 Å². The molecular formula is C21H26N4O. The first-order valence-electron chi connectivity index (χ1n) is 9.12. The lowest BCUT2D eigenvalue weighted by atomic mass is 10.2. The van der Waals surface area contributed by atoms with E-state index in [1.165, 1.54) is 5.69 Å². The van der Waals surface area contributed by atoms with Gasteiger partial charge in [-0.25, -0.2) is 0 Å². The number of hydrogen-bond acceptors (Lipinski definition) is 4. The number of para-hydroxylation sites is 1. The van der Waals surface area contributed by atoms with Gasteiger partial charge < -0.3 is 10.2 Å². The van der Waals surface area contributed by atoms with Crippen LogP contribution in [-0.4, -0.2) is 54.6 Å². The molecule has 1 aliphatic rings. The Hall–Kier alpha value is -2.66. The predicted molar refractivity (Wildman–Crippen MR) is 106 cm³/mol. The molecular weight excluding hydrogens is 324 g/mol. The third-order valence-electron chi connectivity index (χ3n) is 4.74. The fourth-order valence-electron chi connectivity index (χ4n) is 3.14. The molecule has 5 nitrogen and oxygen atoms in total. The number of carbonyl (C=O) groups is 1. The Morgan fingerprint density at radius 2 is 1.92 bits per heavy atom. The maximum Gasteiger partial charge on any atom is 0.244 e. The summed E-state index contributed by atoms with van der Waals surface area (Å²) in [7, 11) is 0. The van der Waals surface area contributed by atoms with Crippen LogP contribution in [0.5, 0.6) is 0 Å². The Kier molecular flexibility index (Phi) is 6.39. The topological polar surface area (TPSA) is 48.5 Å². The van der Waals surface area contributed by atoms with Gasteiger partial charge in [-0.15, -0.1) is 0 Å². The molecule has 1 amide bonds. The van der Waals surface area contributed by atoms with E-state index in [1.807, 2.05) is 18.2 Å². The first-order chi connectivity index (χ1) is 12.7. The lowest BCUT2D eigenvalue weighted by Gasteiger charge is -2.39. The molecule has 0 saturated carbocycles. The van der Waals surface area contributed by atoms with E-state index in [0.29, 0.717) is 12.6 Å². The maximum absolute atomic E-state index is 12.0. The highest BCUT2D eigenvalue weighted by Crippen LogP contribution is 2.16. The van der Waals surface area contributed by atoms with Gasteiger partial charge in [-0.1, -0.05) is 24.3 Å². The van der Waals surface area contributed by atoms with Crippen molar-refractivity contribution in [2.45, 2.75) is 13.0 Å². The van der Waals surface area contributed by atoms with Crippen molar-refractivity contribution in [1.82, 2.24) is 15.2 Å². The number of nitrogens with zero attached hydrogens (tertiary/aromatic N) is 3. The summed E-state index contributed by atoms with van der Waals surface area (Å²) >= 11 is 0. The molecule has 1 aliphatic heterocycles. The first kappa shape index (κ1) is 18.1. The molecule has 1 saturated heterocycles. The van der Waals surface area contributed by atoms with Gasteiger partial charge in [-0.2, -0.15) is 0 Å². The van der Waals surface area contributed by atoms with Crippen LogP contribution in [0.4, 0.5) is 5.69 Å². The number of benzene rings is 1. The predicted octanol–water partition coefficient (Wildman–Crippen LogP) is 2.42. The molecule has 1 aromatic heterocycles. The molecule has 136 valence electrons. The van der Waals surface area contributed by atoms with Crippen LogP contribution in [-0.2, 0) is 4.79 Å². The van der Waals surface area contributed by atoms with Crippen molar-refractivity contribution in [2.75, 3.05) is 37.6 Å². The highest BCUT2D eigenvalue weighted by Gasteiger charge is 2.21. The summed E-state index contributed by atoms with van der Waals surface area (Å²) in [5, 5.41) is 2.99. The van der Waals surface area contributed by atoms with Crippen molar-refractivity contribution in [3.05, 3.63) is 66.5 Å². The minimum absolute atomic E-state index is 0.0661. The van der Waals surface area contributed by atoms with Crippen LogP contribution in [0.15, 0.2) is 60.9 Å². The number of hydrogen-bond donors (Lipinski definition) is 1. The summed E-state index contributed by atoms with van der Waals surface area (Å²) < 4.78 is 0. The highest BCUT2D eigenvalue weighted by atomic mass is 16.1. The maximum atomic E-state index is 12.0. The van der Waals surface area contributed by atoms with Crippen molar-refractivity contribution >= 4 is 17.7 Å². The second kappa shape index (κ2) is 9.15. The second-order valence-corrected chi connectivity index (χ2v) is 6.57. The Morgan fingerprint density at radius 3 is 2.62 bits per heavy atom. The molecule has 26 heavy (non-hydrogen) atoms. The Labute approximate surface area is 155 Å². The summed E-state index contributed by atoms with van der Waals surface area (Å²) in [4.78, 5) is 20.9. The molecule has 2 heterocycles. The van der Waals surface area contributed by atoms with Gasteiger partial charge in [0.1, 0.15) is 0 Å². The van der Waals surface area contributed by atoms with Gasteiger partial charge in [-0.05, 0) is 36.8 Å². The van der Waals surface area contributed by atoms with Crippen LogP contribution >= 0.6 is 0 Å². The van der Waals surface area contributed by atoms with Gasteiger partial charge >= 0.3 is 0 Å². The summed E-state index contributed by atoms with van der Waals surface area (Å²) in [6, 6.07) is 14.6. The first-order valence-corrected chi connectivity index (χ1v) is 9.12. The van der Waals surface area contributed by atoms with Crippen molar-refractivity contribution in [3.8, 4) is 0 Å². The van der Waals surface area contributed by atoms with E-state index in [4.69, 9.17) is 0 Å². The molecule has 0 spiro atoms. The van der Waals surface area contributed by atoms with E-state index < -0.39 is 0 Å². The van der Waals surface area contributed by atoms with Gasteiger partial charge in [-0.3, -0.25) is 14.7 Å². The van der Waals surface area contributed by atoms with Crippen LogP contribution < -0.4 is 10.2 Å². The van der Waals surface area contributed by atoms with Crippen LogP contribution in [0.3, 0.4) is 0 Å². The average molecular weight is 350 g/mol. The van der Waals surface area contributed by atoms with E-state index in [-0.39, 0.29) is 5.91 Å². The molecule has 0 radical (unpaired) electrons.